The second kappa shape index (κ2) is 5.64. The van der Waals surface area contributed by atoms with Crippen LogP contribution in [0, 0.1) is 5.82 Å². The Kier molecular flexibility index (Phi) is 3.87. The van der Waals surface area contributed by atoms with Crippen LogP contribution >= 0.6 is 27.3 Å². The fraction of sp³-hybridized carbons (Fsp3) is 0.125. The minimum atomic E-state index is -0.635. The summed E-state index contributed by atoms with van der Waals surface area (Å²) in [6.07, 6.45) is -0.247. The number of aliphatic hydroxyl groups is 1. The summed E-state index contributed by atoms with van der Waals surface area (Å²) in [5.41, 5.74) is 1.68. The van der Waals surface area contributed by atoms with Crippen LogP contribution in [-0.4, -0.2) is 5.11 Å². The van der Waals surface area contributed by atoms with Crippen molar-refractivity contribution in [1.29, 1.82) is 0 Å². The molecule has 0 aliphatic carbocycles. The molecule has 0 bridgehead atoms. The zero-order valence-corrected chi connectivity index (χ0v) is 12.9. The van der Waals surface area contributed by atoms with E-state index < -0.39 is 6.10 Å². The van der Waals surface area contributed by atoms with Gasteiger partial charge in [0.15, 0.2) is 0 Å². The van der Waals surface area contributed by atoms with Crippen molar-refractivity contribution in [3.05, 3.63) is 69.3 Å². The van der Waals surface area contributed by atoms with Crippen LogP contribution in [0.5, 0.6) is 0 Å². The van der Waals surface area contributed by atoms with Crippen molar-refractivity contribution in [3.63, 3.8) is 0 Å². The van der Waals surface area contributed by atoms with Crippen LogP contribution in [-0.2, 0) is 6.42 Å². The summed E-state index contributed by atoms with van der Waals surface area (Å²) in [5.74, 6) is -0.287. The van der Waals surface area contributed by atoms with E-state index in [2.05, 4.69) is 15.9 Å². The van der Waals surface area contributed by atoms with Gasteiger partial charge in [-0.2, -0.15) is 0 Å². The topological polar surface area (TPSA) is 20.2 Å². The van der Waals surface area contributed by atoms with Gasteiger partial charge in [0.25, 0.3) is 0 Å². The van der Waals surface area contributed by atoms with E-state index in [0.717, 1.165) is 25.7 Å². The van der Waals surface area contributed by atoms with Crippen LogP contribution in [0.25, 0.3) is 10.1 Å². The summed E-state index contributed by atoms with van der Waals surface area (Å²) in [6, 6.07) is 12.5. The molecule has 0 saturated heterocycles. The van der Waals surface area contributed by atoms with Gasteiger partial charge in [-0.15, -0.1) is 11.3 Å². The molecule has 3 aromatic rings. The molecule has 0 spiro atoms. The second-order valence-corrected chi connectivity index (χ2v) is 6.41. The Morgan fingerprint density at radius 3 is 2.85 bits per heavy atom. The first kappa shape index (κ1) is 13.7. The molecule has 3 rings (SSSR count). The van der Waals surface area contributed by atoms with E-state index in [1.807, 2.05) is 29.6 Å². The predicted octanol–water partition coefficient (Wildman–Crippen LogP) is 5.08. The lowest BCUT2D eigenvalue weighted by Crippen LogP contribution is -2.02. The Labute approximate surface area is 128 Å². The van der Waals surface area contributed by atoms with Crippen molar-refractivity contribution in [2.45, 2.75) is 12.5 Å². The highest BCUT2D eigenvalue weighted by molar-refractivity contribution is 9.10. The minimum Gasteiger partial charge on any atom is -0.388 e. The molecule has 1 heterocycles. The molecule has 1 N–H and O–H groups in total. The van der Waals surface area contributed by atoms with E-state index in [0.29, 0.717) is 6.42 Å². The molecule has 0 fully saturated rings. The van der Waals surface area contributed by atoms with Gasteiger partial charge in [-0.25, -0.2) is 4.39 Å². The van der Waals surface area contributed by atoms with E-state index in [4.69, 9.17) is 0 Å². The summed E-state index contributed by atoms with van der Waals surface area (Å²) in [7, 11) is 0. The Bertz CT molecular complexity index is 753. The van der Waals surface area contributed by atoms with Gasteiger partial charge in [0.2, 0.25) is 0 Å². The molecule has 20 heavy (non-hydrogen) atoms. The van der Waals surface area contributed by atoms with Gasteiger partial charge in [-0.1, -0.05) is 34.1 Å². The van der Waals surface area contributed by atoms with Crippen LogP contribution in [0.15, 0.2) is 52.3 Å². The van der Waals surface area contributed by atoms with Crippen LogP contribution in [0.2, 0.25) is 0 Å². The SMILES string of the molecule is OC(Cc1cc(F)ccc1Br)c1csc2ccccc12. The van der Waals surface area contributed by atoms with Crippen molar-refractivity contribution >= 4 is 37.4 Å². The zero-order valence-electron chi connectivity index (χ0n) is 10.5. The lowest BCUT2D eigenvalue weighted by atomic mass is 10.0. The van der Waals surface area contributed by atoms with Gasteiger partial charge in [0.1, 0.15) is 5.82 Å². The number of hydrogen-bond donors (Lipinski definition) is 1. The summed E-state index contributed by atoms with van der Waals surface area (Å²) in [5, 5.41) is 13.5. The molecule has 0 saturated carbocycles. The van der Waals surface area contributed by atoms with Crippen molar-refractivity contribution in [2.75, 3.05) is 0 Å². The molecule has 1 atom stereocenters. The van der Waals surface area contributed by atoms with E-state index in [9.17, 15) is 9.50 Å². The van der Waals surface area contributed by atoms with Crippen molar-refractivity contribution < 1.29 is 9.50 Å². The molecule has 0 amide bonds. The van der Waals surface area contributed by atoms with Crippen LogP contribution in [0.4, 0.5) is 4.39 Å². The van der Waals surface area contributed by atoms with E-state index >= 15 is 0 Å². The number of thiophene rings is 1. The Hall–Kier alpha value is -1.23. The van der Waals surface area contributed by atoms with E-state index in [-0.39, 0.29) is 5.82 Å². The number of fused-ring (bicyclic) bond motifs is 1. The van der Waals surface area contributed by atoms with Gasteiger partial charge in [0.05, 0.1) is 6.10 Å². The highest BCUT2D eigenvalue weighted by Crippen LogP contribution is 2.33. The van der Waals surface area contributed by atoms with E-state index in [1.54, 1.807) is 17.4 Å². The average Bonchev–Trinajstić information content (AvgIpc) is 2.87. The highest BCUT2D eigenvalue weighted by atomic mass is 79.9. The lowest BCUT2D eigenvalue weighted by Gasteiger charge is -2.11. The lowest BCUT2D eigenvalue weighted by molar-refractivity contribution is 0.180. The smallest absolute Gasteiger partial charge is 0.123 e. The molecule has 2 aromatic carbocycles. The first-order chi connectivity index (χ1) is 9.65. The molecule has 1 aromatic heterocycles. The Morgan fingerprint density at radius 2 is 2.00 bits per heavy atom. The summed E-state index contributed by atoms with van der Waals surface area (Å²) in [4.78, 5) is 0. The van der Waals surface area contributed by atoms with Crippen molar-refractivity contribution in [1.82, 2.24) is 0 Å². The average molecular weight is 351 g/mol. The number of rotatable bonds is 3. The molecule has 0 aliphatic heterocycles. The minimum absolute atomic E-state index is 0.287. The first-order valence-electron chi connectivity index (χ1n) is 6.23. The van der Waals surface area contributed by atoms with Gasteiger partial charge in [0, 0.05) is 15.6 Å². The normalized spacial score (nSPS) is 12.8. The highest BCUT2D eigenvalue weighted by Gasteiger charge is 2.15. The molecule has 1 nitrogen and oxygen atoms in total. The molecular weight excluding hydrogens is 339 g/mol. The summed E-state index contributed by atoms with van der Waals surface area (Å²) < 4.78 is 15.3. The largest absolute Gasteiger partial charge is 0.388 e. The van der Waals surface area contributed by atoms with Gasteiger partial charge in [-0.3, -0.25) is 0 Å². The number of aliphatic hydroxyl groups excluding tert-OH is 1. The third-order valence-corrected chi connectivity index (χ3v) is 5.05. The van der Waals surface area contributed by atoms with Crippen LogP contribution in [0.1, 0.15) is 17.2 Å². The van der Waals surface area contributed by atoms with Gasteiger partial charge >= 0.3 is 0 Å². The fourth-order valence-corrected chi connectivity index (χ4v) is 3.69. The Morgan fingerprint density at radius 1 is 1.20 bits per heavy atom. The second-order valence-electron chi connectivity index (χ2n) is 4.64. The van der Waals surface area contributed by atoms with Crippen LogP contribution in [0.3, 0.4) is 0 Å². The maximum absolute atomic E-state index is 13.3. The van der Waals surface area contributed by atoms with E-state index in [1.165, 1.54) is 12.1 Å². The number of halogens is 2. The quantitative estimate of drug-likeness (QED) is 0.698. The molecule has 1 unspecified atom stereocenters. The van der Waals surface area contributed by atoms with Crippen molar-refractivity contribution in [3.8, 4) is 0 Å². The van der Waals surface area contributed by atoms with Gasteiger partial charge in [-0.05, 0) is 46.2 Å². The molecule has 102 valence electrons. The Balaban J connectivity index is 1.93. The third kappa shape index (κ3) is 2.64. The maximum atomic E-state index is 13.3. The molecule has 4 heteroatoms. The van der Waals surface area contributed by atoms with Crippen LogP contribution < -0.4 is 0 Å². The summed E-state index contributed by atoms with van der Waals surface area (Å²) >= 11 is 5.01. The monoisotopic (exact) mass is 350 g/mol. The first-order valence-corrected chi connectivity index (χ1v) is 7.90. The zero-order chi connectivity index (χ0) is 14.1. The third-order valence-electron chi connectivity index (χ3n) is 3.29. The van der Waals surface area contributed by atoms with Gasteiger partial charge < -0.3 is 5.11 Å². The maximum Gasteiger partial charge on any atom is 0.123 e. The molecular formula is C16H12BrFOS. The fourth-order valence-electron chi connectivity index (χ4n) is 2.27. The standard InChI is InChI=1S/C16H12BrFOS/c17-14-6-5-11(18)7-10(14)8-15(19)13-9-20-16-4-2-1-3-12(13)16/h1-7,9,15,19H,8H2. The number of hydrogen-bond acceptors (Lipinski definition) is 2. The summed E-state index contributed by atoms with van der Waals surface area (Å²) in [6.45, 7) is 0. The molecule has 0 radical (unpaired) electrons. The molecule has 0 aliphatic rings. The van der Waals surface area contributed by atoms with Crippen molar-refractivity contribution in [2.24, 2.45) is 0 Å². The predicted molar refractivity (Wildman–Crippen MR) is 84.6 cm³/mol. The number of benzene rings is 2.